The van der Waals surface area contributed by atoms with Crippen molar-refractivity contribution in [3.8, 4) is 0 Å². The average molecular weight is 298 g/mol. The van der Waals surface area contributed by atoms with Crippen LogP contribution in [-0.4, -0.2) is 35.1 Å². The average Bonchev–Trinajstić information content (AvgIpc) is 2.69. The Balaban J connectivity index is 2.36. The van der Waals surface area contributed by atoms with Gasteiger partial charge in [-0.15, -0.1) is 0 Å². The van der Waals surface area contributed by atoms with Gasteiger partial charge in [0, 0.05) is 28.7 Å². The molecule has 0 saturated heterocycles. The van der Waals surface area contributed by atoms with Crippen molar-refractivity contribution in [2.24, 2.45) is 0 Å². The fraction of sp³-hybridized carbons (Fsp3) is 0.400. The van der Waals surface area contributed by atoms with E-state index in [4.69, 9.17) is 0 Å². The Kier molecular flexibility index (Phi) is 3.98. The first kappa shape index (κ1) is 15.4. The minimum atomic E-state index is -4.39. The van der Waals surface area contributed by atoms with Gasteiger partial charge in [-0.1, -0.05) is 0 Å². The number of aromatic nitrogens is 1. The standard InChI is InChI=1S/C15H17F3N2O/c1-4-20(8-15(16,17)18)14(21)11-5-6-13-12(7-11)9(2)10(3)19-13/h5-7,19H,4,8H2,1-3H3. The van der Waals surface area contributed by atoms with Gasteiger partial charge < -0.3 is 9.88 Å². The molecule has 0 unspecified atom stereocenters. The first-order chi connectivity index (χ1) is 9.73. The van der Waals surface area contributed by atoms with Crippen molar-refractivity contribution in [1.29, 1.82) is 0 Å². The molecule has 21 heavy (non-hydrogen) atoms. The number of carbonyl (C=O) groups is 1. The molecule has 2 rings (SSSR count). The van der Waals surface area contributed by atoms with Crippen molar-refractivity contribution >= 4 is 16.8 Å². The van der Waals surface area contributed by atoms with Gasteiger partial charge in [0.2, 0.25) is 0 Å². The lowest BCUT2D eigenvalue weighted by Gasteiger charge is -2.22. The molecular formula is C15H17F3N2O. The third-order valence-corrected chi connectivity index (χ3v) is 3.59. The lowest BCUT2D eigenvalue weighted by atomic mass is 10.1. The lowest BCUT2D eigenvalue weighted by Crippen LogP contribution is -2.38. The van der Waals surface area contributed by atoms with E-state index in [2.05, 4.69) is 4.98 Å². The number of hydrogen-bond acceptors (Lipinski definition) is 1. The third-order valence-electron chi connectivity index (χ3n) is 3.59. The second-order valence-corrected chi connectivity index (χ2v) is 5.07. The minimum absolute atomic E-state index is 0.0154. The van der Waals surface area contributed by atoms with Crippen molar-refractivity contribution in [2.45, 2.75) is 26.9 Å². The van der Waals surface area contributed by atoms with Crippen LogP contribution in [0.1, 0.15) is 28.5 Å². The van der Waals surface area contributed by atoms with Crippen molar-refractivity contribution < 1.29 is 18.0 Å². The van der Waals surface area contributed by atoms with E-state index in [9.17, 15) is 18.0 Å². The number of H-pyrrole nitrogens is 1. The Hall–Kier alpha value is -1.98. The highest BCUT2D eigenvalue weighted by Gasteiger charge is 2.32. The van der Waals surface area contributed by atoms with E-state index < -0.39 is 18.6 Å². The molecule has 0 aliphatic carbocycles. The highest BCUT2D eigenvalue weighted by molar-refractivity contribution is 5.99. The van der Waals surface area contributed by atoms with E-state index in [1.165, 1.54) is 6.92 Å². The molecule has 1 aromatic carbocycles. The molecule has 0 saturated carbocycles. The first-order valence-corrected chi connectivity index (χ1v) is 6.68. The summed E-state index contributed by atoms with van der Waals surface area (Å²) in [5.74, 6) is -0.602. The summed E-state index contributed by atoms with van der Waals surface area (Å²) >= 11 is 0. The smallest absolute Gasteiger partial charge is 0.358 e. The number of benzene rings is 1. The number of halogens is 3. The van der Waals surface area contributed by atoms with Crippen molar-refractivity contribution in [1.82, 2.24) is 9.88 Å². The summed E-state index contributed by atoms with van der Waals surface area (Å²) in [6.07, 6.45) is -4.39. The second kappa shape index (κ2) is 5.42. The fourth-order valence-electron chi connectivity index (χ4n) is 2.32. The Morgan fingerprint density at radius 1 is 1.29 bits per heavy atom. The van der Waals surface area contributed by atoms with Gasteiger partial charge in [-0.2, -0.15) is 13.2 Å². The molecule has 0 spiro atoms. The molecule has 3 nitrogen and oxygen atoms in total. The molecule has 0 atom stereocenters. The highest BCUT2D eigenvalue weighted by atomic mass is 19.4. The summed E-state index contributed by atoms with van der Waals surface area (Å²) in [6, 6.07) is 4.93. The molecule has 1 heterocycles. The van der Waals surface area contributed by atoms with E-state index >= 15 is 0 Å². The molecule has 0 radical (unpaired) electrons. The van der Waals surface area contributed by atoms with Crippen LogP contribution in [0.25, 0.3) is 10.9 Å². The topological polar surface area (TPSA) is 36.1 Å². The van der Waals surface area contributed by atoms with Crippen LogP contribution in [0.3, 0.4) is 0 Å². The van der Waals surface area contributed by atoms with Gasteiger partial charge in [-0.05, 0) is 44.5 Å². The zero-order valence-electron chi connectivity index (χ0n) is 12.1. The quantitative estimate of drug-likeness (QED) is 0.919. The van der Waals surface area contributed by atoms with Gasteiger partial charge in [0.1, 0.15) is 6.54 Å². The van der Waals surface area contributed by atoms with Gasteiger partial charge in [-0.3, -0.25) is 4.79 Å². The van der Waals surface area contributed by atoms with Crippen LogP contribution in [-0.2, 0) is 0 Å². The molecule has 0 aliphatic heterocycles. The number of aryl methyl sites for hydroxylation is 2. The monoisotopic (exact) mass is 298 g/mol. The van der Waals surface area contributed by atoms with E-state index in [0.29, 0.717) is 0 Å². The molecule has 0 aliphatic rings. The predicted molar refractivity (Wildman–Crippen MR) is 75.4 cm³/mol. The summed E-state index contributed by atoms with van der Waals surface area (Å²) in [4.78, 5) is 16.2. The number of nitrogens with one attached hydrogen (secondary N) is 1. The van der Waals surface area contributed by atoms with Crippen LogP contribution >= 0.6 is 0 Å². The van der Waals surface area contributed by atoms with Crippen molar-refractivity contribution in [2.75, 3.05) is 13.1 Å². The van der Waals surface area contributed by atoms with E-state index in [1.54, 1.807) is 18.2 Å². The maximum absolute atomic E-state index is 12.5. The Labute approximate surface area is 120 Å². The zero-order valence-corrected chi connectivity index (χ0v) is 12.1. The second-order valence-electron chi connectivity index (χ2n) is 5.07. The molecule has 1 N–H and O–H groups in total. The number of carbonyl (C=O) groups excluding carboxylic acids is 1. The van der Waals surface area contributed by atoms with E-state index in [0.717, 1.165) is 27.1 Å². The molecule has 6 heteroatoms. The number of amides is 1. The predicted octanol–water partition coefficient (Wildman–Crippen LogP) is 3.81. The molecule has 1 amide bonds. The third kappa shape index (κ3) is 3.20. The molecule has 2 aromatic rings. The Bertz CT molecular complexity index is 673. The summed E-state index contributed by atoms with van der Waals surface area (Å²) in [5.41, 5.74) is 3.13. The van der Waals surface area contributed by atoms with Crippen LogP contribution in [0, 0.1) is 13.8 Å². The number of rotatable bonds is 3. The fourth-order valence-corrected chi connectivity index (χ4v) is 2.32. The largest absolute Gasteiger partial charge is 0.406 e. The SMILES string of the molecule is CCN(CC(F)(F)F)C(=O)c1ccc2[nH]c(C)c(C)c2c1. The summed E-state index contributed by atoms with van der Waals surface area (Å²) in [6.45, 7) is 4.15. The summed E-state index contributed by atoms with van der Waals surface area (Å²) in [7, 11) is 0. The van der Waals surface area contributed by atoms with Crippen LogP contribution < -0.4 is 0 Å². The van der Waals surface area contributed by atoms with Crippen LogP contribution in [0.5, 0.6) is 0 Å². The Morgan fingerprint density at radius 2 is 1.95 bits per heavy atom. The molecular weight excluding hydrogens is 281 g/mol. The normalized spacial score (nSPS) is 11.9. The van der Waals surface area contributed by atoms with E-state index in [1.807, 2.05) is 13.8 Å². The summed E-state index contributed by atoms with van der Waals surface area (Å²) < 4.78 is 37.5. The van der Waals surface area contributed by atoms with Crippen LogP contribution in [0.4, 0.5) is 13.2 Å². The van der Waals surface area contributed by atoms with E-state index in [-0.39, 0.29) is 12.1 Å². The Morgan fingerprint density at radius 3 is 2.52 bits per heavy atom. The van der Waals surface area contributed by atoms with Crippen molar-refractivity contribution in [3.63, 3.8) is 0 Å². The number of alkyl halides is 3. The van der Waals surface area contributed by atoms with Crippen molar-refractivity contribution in [3.05, 3.63) is 35.0 Å². The molecule has 0 fully saturated rings. The first-order valence-electron chi connectivity index (χ1n) is 6.68. The highest BCUT2D eigenvalue weighted by Crippen LogP contribution is 2.24. The molecule has 114 valence electrons. The van der Waals surface area contributed by atoms with Crippen LogP contribution in [0.2, 0.25) is 0 Å². The lowest BCUT2D eigenvalue weighted by molar-refractivity contribution is -0.140. The maximum Gasteiger partial charge on any atom is 0.406 e. The van der Waals surface area contributed by atoms with Gasteiger partial charge in [0.25, 0.3) is 5.91 Å². The van der Waals surface area contributed by atoms with Gasteiger partial charge >= 0.3 is 6.18 Å². The number of fused-ring (bicyclic) bond motifs is 1. The number of nitrogens with zero attached hydrogens (tertiary/aromatic N) is 1. The van der Waals surface area contributed by atoms with Gasteiger partial charge in [-0.25, -0.2) is 0 Å². The molecule has 1 aromatic heterocycles. The molecule has 0 bridgehead atoms. The summed E-state index contributed by atoms with van der Waals surface area (Å²) in [5, 5.41) is 0.862. The number of hydrogen-bond donors (Lipinski definition) is 1. The van der Waals surface area contributed by atoms with Gasteiger partial charge in [0.15, 0.2) is 0 Å². The zero-order chi connectivity index (χ0) is 15.8. The van der Waals surface area contributed by atoms with Gasteiger partial charge in [0.05, 0.1) is 0 Å². The number of aromatic amines is 1. The minimum Gasteiger partial charge on any atom is -0.358 e. The van der Waals surface area contributed by atoms with Crippen LogP contribution in [0.15, 0.2) is 18.2 Å². The maximum atomic E-state index is 12.5.